The molecule has 20 heavy (non-hydrogen) atoms. The lowest BCUT2D eigenvalue weighted by Gasteiger charge is -2.32. The molecule has 2 fully saturated rings. The summed E-state index contributed by atoms with van der Waals surface area (Å²) in [4.78, 5) is 2.66. The first-order valence-electron chi connectivity index (χ1n) is 7.93. The van der Waals surface area contributed by atoms with Gasteiger partial charge in [0.2, 0.25) is 0 Å². The van der Waals surface area contributed by atoms with Crippen LogP contribution in [-0.4, -0.2) is 45.1 Å². The first-order chi connectivity index (χ1) is 9.54. The van der Waals surface area contributed by atoms with E-state index in [0.29, 0.717) is 6.04 Å². The lowest BCUT2D eigenvalue weighted by Crippen LogP contribution is -2.44. The van der Waals surface area contributed by atoms with Gasteiger partial charge >= 0.3 is 0 Å². The number of fused-ring (bicyclic) bond motifs is 1. The van der Waals surface area contributed by atoms with Crippen molar-refractivity contribution in [1.29, 1.82) is 0 Å². The average molecular weight is 277 g/mol. The highest BCUT2D eigenvalue weighted by atomic mass is 15.4. The molecule has 3 rings (SSSR count). The Labute approximate surface area is 121 Å². The number of hydrogen-bond acceptors (Lipinski definition) is 4. The van der Waals surface area contributed by atoms with E-state index >= 15 is 0 Å². The molecule has 0 aliphatic carbocycles. The summed E-state index contributed by atoms with van der Waals surface area (Å²) in [7, 11) is 0. The van der Waals surface area contributed by atoms with Gasteiger partial charge in [-0.15, -0.1) is 5.10 Å². The molecule has 1 aromatic rings. The second kappa shape index (κ2) is 5.45. The van der Waals surface area contributed by atoms with Crippen LogP contribution >= 0.6 is 0 Å². The minimum Gasteiger partial charge on any atom is -0.307 e. The lowest BCUT2D eigenvalue weighted by atomic mass is 9.99. The molecular weight excluding hydrogens is 250 g/mol. The van der Waals surface area contributed by atoms with Gasteiger partial charge in [0.15, 0.2) is 0 Å². The van der Waals surface area contributed by atoms with Crippen LogP contribution in [-0.2, 0) is 12.1 Å². The van der Waals surface area contributed by atoms with Gasteiger partial charge in [-0.2, -0.15) is 0 Å². The van der Waals surface area contributed by atoms with Crippen molar-refractivity contribution in [2.75, 3.05) is 13.1 Å². The van der Waals surface area contributed by atoms with Crippen LogP contribution in [0, 0.1) is 0 Å². The van der Waals surface area contributed by atoms with Crippen molar-refractivity contribution in [3.8, 4) is 0 Å². The third-order valence-corrected chi connectivity index (χ3v) is 4.63. The van der Waals surface area contributed by atoms with Crippen molar-refractivity contribution in [2.45, 2.75) is 70.6 Å². The third kappa shape index (κ3) is 2.88. The van der Waals surface area contributed by atoms with Gasteiger partial charge in [0, 0.05) is 25.2 Å². The summed E-state index contributed by atoms with van der Waals surface area (Å²) in [6.45, 7) is 9.84. The van der Waals surface area contributed by atoms with Crippen molar-refractivity contribution in [2.24, 2.45) is 0 Å². The average Bonchev–Trinajstić information content (AvgIpc) is 3.02. The minimum absolute atomic E-state index is 0.0127. The first-order valence-corrected chi connectivity index (χ1v) is 7.93. The van der Waals surface area contributed by atoms with E-state index in [2.05, 4.69) is 47.5 Å². The van der Waals surface area contributed by atoms with Crippen molar-refractivity contribution >= 4 is 0 Å². The van der Waals surface area contributed by atoms with E-state index in [0.717, 1.165) is 18.3 Å². The van der Waals surface area contributed by atoms with Crippen molar-refractivity contribution in [3.63, 3.8) is 0 Å². The molecule has 2 saturated heterocycles. The van der Waals surface area contributed by atoms with Gasteiger partial charge < -0.3 is 5.32 Å². The maximum Gasteiger partial charge on any atom is 0.0965 e. The van der Waals surface area contributed by atoms with Crippen LogP contribution in [0.5, 0.6) is 0 Å². The van der Waals surface area contributed by atoms with Gasteiger partial charge in [-0.05, 0) is 46.6 Å². The summed E-state index contributed by atoms with van der Waals surface area (Å²) in [6.07, 6.45) is 7.47. The van der Waals surface area contributed by atoms with Gasteiger partial charge in [-0.3, -0.25) is 4.90 Å². The first kappa shape index (κ1) is 14.0. The maximum absolute atomic E-state index is 4.28. The number of aromatic nitrogens is 3. The Morgan fingerprint density at radius 2 is 2.10 bits per heavy atom. The molecule has 0 saturated carbocycles. The van der Waals surface area contributed by atoms with Crippen LogP contribution in [0.15, 0.2) is 6.20 Å². The Balaban J connectivity index is 1.56. The molecule has 0 amide bonds. The smallest absolute Gasteiger partial charge is 0.0965 e. The highest BCUT2D eigenvalue weighted by Gasteiger charge is 2.35. The second-order valence-corrected chi connectivity index (χ2v) is 7.20. The fourth-order valence-corrected chi connectivity index (χ4v) is 3.43. The Hall–Kier alpha value is -0.940. The molecule has 0 spiro atoms. The number of nitrogens with one attached hydrogen (secondary N) is 1. The Bertz CT molecular complexity index is 447. The normalized spacial score (nSPS) is 27.8. The topological polar surface area (TPSA) is 46.0 Å². The summed E-state index contributed by atoms with van der Waals surface area (Å²) in [5.74, 6) is 0. The number of piperidine rings is 1. The number of rotatable bonds is 3. The van der Waals surface area contributed by atoms with Gasteiger partial charge in [0.05, 0.1) is 17.4 Å². The molecule has 5 nitrogen and oxygen atoms in total. The SMILES string of the molecule is CC(C)(C)n1cc(CNC2CCN3CCCCC23)nn1. The quantitative estimate of drug-likeness (QED) is 0.914. The summed E-state index contributed by atoms with van der Waals surface area (Å²) in [5.41, 5.74) is 1.06. The molecule has 2 aliphatic rings. The zero-order valence-corrected chi connectivity index (χ0v) is 13.0. The molecule has 2 aliphatic heterocycles. The molecule has 0 aromatic carbocycles. The van der Waals surface area contributed by atoms with Gasteiger partial charge in [-0.25, -0.2) is 4.68 Å². The van der Waals surface area contributed by atoms with E-state index in [-0.39, 0.29) is 5.54 Å². The van der Waals surface area contributed by atoms with Crippen LogP contribution < -0.4 is 5.32 Å². The fraction of sp³-hybridized carbons (Fsp3) is 0.867. The highest BCUT2D eigenvalue weighted by Crippen LogP contribution is 2.27. The van der Waals surface area contributed by atoms with E-state index in [4.69, 9.17) is 0 Å². The maximum atomic E-state index is 4.28. The minimum atomic E-state index is 0.0127. The molecule has 2 unspecified atom stereocenters. The van der Waals surface area contributed by atoms with Gasteiger partial charge in [0.25, 0.3) is 0 Å². The molecule has 0 radical (unpaired) electrons. The molecular formula is C15H27N5. The van der Waals surface area contributed by atoms with E-state index in [1.807, 2.05) is 4.68 Å². The fourth-order valence-electron chi connectivity index (χ4n) is 3.43. The molecule has 2 atom stereocenters. The number of nitrogens with zero attached hydrogens (tertiary/aromatic N) is 4. The van der Waals surface area contributed by atoms with Crippen LogP contribution in [0.25, 0.3) is 0 Å². The molecule has 112 valence electrons. The largest absolute Gasteiger partial charge is 0.307 e. The Kier molecular flexibility index (Phi) is 3.82. The third-order valence-electron chi connectivity index (χ3n) is 4.63. The van der Waals surface area contributed by atoms with Gasteiger partial charge in [-0.1, -0.05) is 11.6 Å². The van der Waals surface area contributed by atoms with E-state index in [1.165, 1.54) is 38.8 Å². The molecule has 0 bridgehead atoms. The summed E-state index contributed by atoms with van der Waals surface area (Å²) in [6, 6.07) is 1.39. The summed E-state index contributed by atoms with van der Waals surface area (Å²) in [5, 5.41) is 12.2. The van der Waals surface area contributed by atoms with Crippen LogP contribution in [0.2, 0.25) is 0 Å². The van der Waals surface area contributed by atoms with Crippen molar-refractivity contribution < 1.29 is 0 Å². The zero-order chi connectivity index (χ0) is 14.2. The van der Waals surface area contributed by atoms with E-state index in [9.17, 15) is 0 Å². The van der Waals surface area contributed by atoms with E-state index in [1.54, 1.807) is 0 Å². The zero-order valence-electron chi connectivity index (χ0n) is 13.0. The van der Waals surface area contributed by atoms with Crippen LogP contribution in [0.3, 0.4) is 0 Å². The van der Waals surface area contributed by atoms with Crippen LogP contribution in [0.4, 0.5) is 0 Å². The van der Waals surface area contributed by atoms with Gasteiger partial charge in [0.1, 0.15) is 0 Å². The summed E-state index contributed by atoms with van der Waals surface area (Å²) >= 11 is 0. The predicted molar refractivity (Wildman–Crippen MR) is 79.5 cm³/mol. The number of hydrogen-bond donors (Lipinski definition) is 1. The summed E-state index contributed by atoms with van der Waals surface area (Å²) < 4.78 is 1.95. The molecule has 5 heteroatoms. The highest BCUT2D eigenvalue weighted by molar-refractivity contribution is 4.98. The standard InChI is InChI=1S/C15H27N5/c1-15(2,3)20-11-12(17-18-20)10-16-13-7-9-19-8-5-4-6-14(13)19/h11,13-14,16H,4-10H2,1-3H3. The molecule has 1 N–H and O–H groups in total. The molecule has 3 heterocycles. The van der Waals surface area contributed by atoms with Crippen molar-refractivity contribution in [1.82, 2.24) is 25.2 Å². The monoisotopic (exact) mass is 277 g/mol. The lowest BCUT2D eigenvalue weighted by molar-refractivity contribution is 0.180. The predicted octanol–water partition coefficient (Wildman–Crippen LogP) is 1.75. The second-order valence-electron chi connectivity index (χ2n) is 7.20. The van der Waals surface area contributed by atoms with Crippen molar-refractivity contribution in [3.05, 3.63) is 11.9 Å². The Morgan fingerprint density at radius 1 is 1.25 bits per heavy atom. The Morgan fingerprint density at radius 3 is 2.85 bits per heavy atom. The molecule has 1 aromatic heterocycles. The van der Waals surface area contributed by atoms with Crippen LogP contribution in [0.1, 0.15) is 52.1 Å². The van der Waals surface area contributed by atoms with E-state index < -0.39 is 0 Å².